The van der Waals surface area contributed by atoms with Crippen molar-refractivity contribution in [1.29, 1.82) is 0 Å². The number of hydrogen-bond acceptors (Lipinski definition) is 5. The highest BCUT2D eigenvalue weighted by molar-refractivity contribution is 5.90. The Morgan fingerprint density at radius 3 is 2.46 bits per heavy atom. The van der Waals surface area contributed by atoms with Crippen molar-refractivity contribution >= 4 is 23.4 Å². The third-order valence-electron chi connectivity index (χ3n) is 5.82. The molecule has 3 saturated heterocycles. The predicted molar refractivity (Wildman–Crippen MR) is 95.2 cm³/mol. The second kappa shape index (κ2) is 6.30. The van der Waals surface area contributed by atoms with Crippen LogP contribution in [0.5, 0.6) is 0 Å². The van der Waals surface area contributed by atoms with Crippen molar-refractivity contribution in [1.82, 2.24) is 5.32 Å². The average Bonchev–Trinajstić information content (AvgIpc) is 3.35. The highest BCUT2D eigenvalue weighted by Gasteiger charge is 2.50. The molecular formula is C19H21F2N3O4. The molecule has 1 spiro atoms. The molecule has 3 heterocycles. The molecule has 1 N–H and O–H groups in total. The van der Waals surface area contributed by atoms with Gasteiger partial charge in [-0.2, -0.15) is 0 Å². The van der Waals surface area contributed by atoms with E-state index in [4.69, 9.17) is 9.47 Å². The van der Waals surface area contributed by atoms with Crippen LogP contribution in [0.25, 0.3) is 0 Å². The molecule has 4 aliphatic rings. The Hall–Kier alpha value is -2.42. The molecule has 9 heteroatoms. The molecule has 0 aromatic heterocycles. The summed E-state index contributed by atoms with van der Waals surface area (Å²) in [6.45, 7) is 2.71. The number of hydrogen-bond donors (Lipinski definition) is 1. The summed E-state index contributed by atoms with van der Waals surface area (Å²) in [7, 11) is 0. The number of carbonyl (C=O) groups excluding carboxylic acids is 2. The topological polar surface area (TPSA) is 71.1 Å². The second-order valence-electron chi connectivity index (χ2n) is 8.24. The lowest BCUT2D eigenvalue weighted by molar-refractivity contribution is -0.127. The van der Waals surface area contributed by atoms with E-state index in [1.54, 1.807) is 4.90 Å². The Bertz CT molecular complexity index is 809. The van der Waals surface area contributed by atoms with E-state index in [0.29, 0.717) is 26.3 Å². The van der Waals surface area contributed by atoms with E-state index in [1.807, 2.05) is 0 Å². The number of carbonyl (C=O) groups is 2. The lowest BCUT2D eigenvalue weighted by Crippen LogP contribution is -2.66. The van der Waals surface area contributed by atoms with Crippen LogP contribution in [0.3, 0.4) is 0 Å². The molecule has 150 valence electrons. The van der Waals surface area contributed by atoms with Crippen LogP contribution in [0, 0.1) is 23.0 Å². The van der Waals surface area contributed by atoms with Crippen molar-refractivity contribution in [2.24, 2.45) is 11.3 Å². The van der Waals surface area contributed by atoms with Crippen molar-refractivity contribution in [2.45, 2.75) is 18.9 Å². The summed E-state index contributed by atoms with van der Waals surface area (Å²) in [6.07, 6.45) is 0.554. The molecule has 0 radical (unpaired) electrons. The molecule has 2 amide bonds. The smallest absolute Gasteiger partial charge is 0.414 e. The summed E-state index contributed by atoms with van der Waals surface area (Å²) >= 11 is 0. The van der Waals surface area contributed by atoms with Crippen molar-refractivity contribution in [2.75, 3.05) is 49.2 Å². The van der Waals surface area contributed by atoms with Gasteiger partial charge in [0.1, 0.15) is 11.8 Å². The monoisotopic (exact) mass is 393 g/mol. The molecule has 1 aromatic rings. The first kappa shape index (κ1) is 17.7. The van der Waals surface area contributed by atoms with E-state index in [9.17, 15) is 18.4 Å². The summed E-state index contributed by atoms with van der Waals surface area (Å²) in [6, 6.07) is 2.32. The fourth-order valence-electron chi connectivity index (χ4n) is 4.05. The van der Waals surface area contributed by atoms with Crippen LogP contribution >= 0.6 is 0 Å². The number of amides is 2. The summed E-state index contributed by atoms with van der Waals surface area (Å²) in [4.78, 5) is 26.7. The van der Waals surface area contributed by atoms with E-state index < -0.39 is 23.8 Å². The maximum absolute atomic E-state index is 14.6. The van der Waals surface area contributed by atoms with E-state index >= 15 is 0 Å². The first-order valence-electron chi connectivity index (χ1n) is 9.52. The molecule has 4 fully saturated rings. The largest absolute Gasteiger partial charge is 0.442 e. The normalized spacial score (nSPS) is 25.4. The van der Waals surface area contributed by atoms with Crippen LogP contribution in [0.2, 0.25) is 0 Å². The molecule has 28 heavy (non-hydrogen) atoms. The van der Waals surface area contributed by atoms with Crippen molar-refractivity contribution in [3.8, 4) is 0 Å². The van der Waals surface area contributed by atoms with Gasteiger partial charge in [-0.15, -0.1) is 0 Å². The standard InChI is InChI=1S/C19H21F2N3O4/c20-14-3-12(4-15(21)16(14)23-7-19(8-23)9-27-10-19)24-6-13(28-18(24)26)5-22-17(25)11-1-2-11/h3-4,11,13H,1-2,5-10H2,(H,22,25). The number of nitrogens with one attached hydrogen (secondary N) is 1. The number of cyclic esters (lactones) is 1. The quantitative estimate of drug-likeness (QED) is 0.824. The number of anilines is 2. The van der Waals surface area contributed by atoms with Crippen LogP contribution in [-0.2, 0) is 14.3 Å². The van der Waals surface area contributed by atoms with Gasteiger partial charge in [-0.05, 0) is 12.8 Å². The Balaban J connectivity index is 1.25. The molecule has 1 unspecified atom stereocenters. The van der Waals surface area contributed by atoms with E-state index in [1.165, 1.54) is 4.90 Å². The first-order valence-corrected chi connectivity index (χ1v) is 9.52. The van der Waals surface area contributed by atoms with Gasteiger partial charge in [-0.25, -0.2) is 13.6 Å². The molecule has 7 nitrogen and oxygen atoms in total. The van der Waals surface area contributed by atoms with Gasteiger partial charge in [-0.1, -0.05) is 0 Å². The molecule has 1 aliphatic carbocycles. The van der Waals surface area contributed by atoms with Crippen molar-refractivity contribution in [3.63, 3.8) is 0 Å². The van der Waals surface area contributed by atoms with Gasteiger partial charge >= 0.3 is 6.09 Å². The summed E-state index contributed by atoms with van der Waals surface area (Å²) in [5.41, 5.74) is 0.0816. The number of rotatable bonds is 5. The zero-order valence-corrected chi connectivity index (χ0v) is 15.2. The molecule has 5 rings (SSSR count). The fourth-order valence-corrected chi connectivity index (χ4v) is 4.05. The van der Waals surface area contributed by atoms with E-state index in [0.717, 1.165) is 25.0 Å². The number of benzene rings is 1. The van der Waals surface area contributed by atoms with Gasteiger partial charge in [0.15, 0.2) is 11.6 Å². The molecular weight excluding hydrogens is 372 g/mol. The third kappa shape index (κ3) is 2.97. The first-order chi connectivity index (χ1) is 13.4. The van der Waals surface area contributed by atoms with Crippen LogP contribution < -0.4 is 15.1 Å². The maximum Gasteiger partial charge on any atom is 0.414 e. The lowest BCUT2D eigenvalue weighted by Gasteiger charge is -2.56. The van der Waals surface area contributed by atoms with Crippen LogP contribution in [0.4, 0.5) is 25.0 Å². The Kier molecular flexibility index (Phi) is 3.97. The Morgan fingerprint density at radius 2 is 1.89 bits per heavy atom. The summed E-state index contributed by atoms with van der Waals surface area (Å²) in [5.74, 6) is -1.39. The fraction of sp³-hybridized carbons (Fsp3) is 0.579. The Labute approximate surface area is 160 Å². The number of halogens is 2. The highest BCUT2D eigenvalue weighted by Crippen LogP contribution is 2.42. The summed E-state index contributed by atoms with van der Waals surface area (Å²) in [5, 5.41) is 2.75. The van der Waals surface area contributed by atoms with Gasteiger partial charge in [0, 0.05) is 31.1 Å². The average molecular weight is 393 g/mol. The molecule has 3 aliphatic heterocycles. The second-order valence-corrected chi connectivity index (χ2v) is 8.24. The van der Waals surface area contributed by atoms with Crippen molar-refractivity contribution in [3.05, 3.63) is 23.8 Å². The van der Waals surface area contributed by atoms with Crippen LogP contribution in [-0.4, -0.2) is 57.5 Å². The van der Waals surface area contributed by atoms with Gasteiger partial charge < -0.3 is 19.7 Å². The highest BCUT2D eigenvalue weighted by atomic mass is 19.1. The third-order valence-corrected chi connectivity index (χ3v) is 5.82. The summed E-state index contributed by atoms with van der Waals surface area (Å²) < 4.78 is 39.7. The maximum atomic E-state index is 14.6. The van der Waals surface area contributed by atoms with Crippen molar-refractivity contribution < 1.29 is 27.8 Å². The van der Waals surface area contributed by atoms with Crippen LogP contribution in [0.1, 0.15) is 12.8 Å². The minimum atomic E-state index is -0.705. The number of ether oxygens (including phenoxy) is 2. The predicted octanol–water partition coefficient (Wildman–Crippen LogP) is 1.65. The zero-order chi connectivity index (χ0) is 19.5. The Morgan fingerprint density at radius 1 is 1.21 bits per heavy atom. The van der Waals surface area contributed by atoms with Crippen LogP contribution in [0.15, 0.2) is 12.1 Å². The van der Waals surface area contributed by atoms with E-state index in [2.05, 4.69) is 5.32 Å². The minimum absolute atomic E-state index is 0.0361. The minimum Gasteiger partial charge on any atom is -0.442 e. The molecule has 1 aromatic carbocycles. The van der Waals surface area contributed by atoms with Gasteiger partial charge in [-0.3, -0.25) is 9.69 Å². The van der Waals surface area contributed by atoms with Gasteiger partial charge in [0.2, 0.25) is 5.91 Å². The molecule has 1 saturated carbocycles. The van der Waals surface area contributed by atoms with Gasteiger partial charge in [0.05, 0.1) is 37.4 Å². The SMILES string of the molecule is O=C(NCC1CN(c2cc(F)c(N3CC4(COC4)C3)c(F)c2)C(=O)O1)C1CC1. The molecule has 1 atom stereocenters. The molecule has 0 bridgehead atoms. The number of nitrogens with zero attached hydrogens (tertiary/aromatic N) is 2. The lowest BCUT2D eigenvalue weighted by atomic mass is 9.77. The van der Waals surface area contributed by atoms with E-state index in [-0.39, 0.29) is 41.7 Å². The zero-order valence-electron chi connectivity index (χ0n) is 15.2. The van der Waals surface area contributed by atoms with Gasteiger partial charge in [0.25, 0.3) is 0 Å².